The Morgan fingerprint density at radius 3 is 2.92 bits per heavy atom. The number of rotatable bonds is 3. The summed E-state index contributed by atoms with van der Waals surface area (Å²) in [4.78, 5) is 14.7. The number of carboxylic acids is 1. The third-order valence-electron chi connectivity index (χ3n) is 1.45. The summed E-state index contributed by atoms with van der Waals surface area (Å²) in [7, 11) is 0. The van der Waals surface area contributed by atoms with Crippen molar-refractivity contribution in [1.29, 1.82) is 0 Å². The topological polar surface area (TPSA) is 50.2 Å². The van der Waals surface area contributed by atoms with Gasteiger partial charge in [-0.05, 0) is 35.1 Å². The van der Waals surface area contributed by atoms with E-state index in [2.05, 4.69) is 27.6 Å². The van der Waals surface area contributed by atoms with Crippen LogP contribution in [0.25, 0.3) is 6.08 Å². The summed E-state index contributed by atoms with van der Waals surface area (Å²) in [5.41, 5.74) is 0.394. The van der Waals surface area contributed by atoms with Gasteiger partial charge in [-0.2, -0.15) is 0 Å². The summed E-state index contributed by atoms with van der Waals surface area (Å²) in [6.07, 6.45) is 3.87. The second-order valence-electron chi connectivity index (χ2n) is 2.33. The van der Waals surface area contributed by atoms with Crippen molar-refractivity contribution < 1.29 is 9.90 Å². The molecule has 0 bridgehead atoms. The minimum atomic E-state index is -0.868. The number of hydrogen-bond donors (Lipinski definition) is 1. The van der Waals surface area contributed by atoms with Crippen molar-refractivity contribution in [3.05, 3.63) is 19.7 Å². The lowest BCUT2D eigenvalue weighted by molar-refractivity contribution is -0.132. The van der Waals surface area contributed by atoms with Crippen molar-refractivity contribution in [3.8, 4) is 0 Å². The summed E-state index contributed by atoms with van der Waals surface area (Å²) in [6.45, 7) is 1.82. The van der Waals surface area contributed by atoms with E-state index < -0.39 is 5.97 Å². The number of halogens is 1. The third kappa shape index (κ3) is 3.07. The Bertz CT molecular complexity index is 346. The maximum atomic E-state index is 10.6. The van der Waals surface area contributed by atoms with Gasteiger partial charge in [-0.25, -0.2) is 9.78 Å². The molecule has 0 aliphatic carbocycles. The standard InChI is InChI=1S/C8H8INO2S/c1-2-5(8(11)12)3-7-10-4-6(9)13-7/h3-4H,2H2,1H3,(H,11,12)/b5-3+. The molecule has 0 aromatic carbocycles. The minimum Gasteiger partial charge on any atom is -0.478 e. The summed E-state index contributed by atoms with van der Waals surface area (Å²) >= 11 is 3.64. The predicted molar refractivity (Wildman–Crippen MR) is 60.7 cm³/mol. The van der Waals surface area contributed by atoms with Crippen molar-refractivity contribution >= 4 is 46.0 Å². The molecule has 0 radical (unpaired) electrons. The van der Waals surface area contributed by atoms with Gasteiger partial charge in [-0.3, -0.25) is 0 Å². The summed E-state index contributed by atoms with van der Waals surface area (Å²) in [5.74, 6) is -0.868. The molecule has 0 fully saturated rings. The Balaban J connectivity index is 2.91. The summed E-state index contributed by atoms with van der Waals surface area (Å²) in [6, 6.07) is 0. The van der Waals surface area contributed by atoms with Crippen LogP contribution in [0.3, 0.4) is 0 Å². The summed E-state index contributed by atoms with van der Waals surface area (Å²) in [5, 5.41) is 9.50. The van der Waals surface area contributed by atoms with Gasteiger partial charge in [-0.1, -0.05) is 6.92 Å². The van der Waals surface area contributed by atoms with E-state index in [9.17, 15) is 4.79 Å². The van der Waals surface area contributed by atoms with Crippen LogP contribution >= 0.6 is 33.9 Å². The molecule has 0 saturated carbocycles. The SMILES string of the molecule is CC/C(=C\c1ncc(I)s1)C(=O)O. The summed E-state index contributed by atoms with van der Waals surface area (Å²) < 4.78 is 1.06. The average molecular weight is 309 g/mol. The molecule has 70 valence electrons. The Morgan fingerprint density at radius 2 is 2.54 bits per heavy atom. The molecule has 0 unspecified atom stereocenters. The smallest absolute Gasteiger partial charge is 0.331 e. The normalized spacial score (nSPS) is 11.7. The minimum absolute atomic E-state index is 0.394. The third-order valence-corrected chi connectivity index (χ3v) is 3.12. The van der Waals surface area contributed by atoms with Crippen molar-refractivity contribution in [2.24, 2.45) is 0 Å². The van der Waals surface area contributed by atoms with Gasteiger partial charge in [0.25, 0.3) is 0 Å². The van der Waals surface area contributed by atoms with E-state index in [0.29, 0.717) is 12.0 Å². The van der Waals surface area contributed by atoms with Crippen LogP contribution in [-0.4, -0.2) is 16.1 Å². The lowest BCUT2D eigenvalue weighted by atomic mass is 10.2. The van der Waals surface area contributed by atoms with Gasteiger partial charge < -0.3 is 5.11 Å². The first-order chi connectivity index (χ1) is 6.13. The molecule has 1 N–H and O–H groups in total. The fourth-order valence-corrected chi connectivity index (χ4v) is 2.23. The number of hydrogen-bond acceptors (Lipinski definition) is 3. The number of aromatic nitrogens is 1. The van der Waals surface area contributed by atoms with Gasteiger partial charge in [0.05, 0.1) is 9.08 Å². The molecule has 1 aromatic heterocycles. The molecule has 0 saturated heterocycles. The molecular formula is C8H8INO2S. The molecule has 0 spiro atoms. The van der Waals surface area contributed by atoms with Crippen molar-refractivity contribution in [3.63, 3.8) is 0 Å². The molecular weight excluding hydrogens is 301 g/mol. The van der Waals surface area contributed by atoms with Gasteiger partial charge in [0, 0.05) is 5.57 Å². The molecule has 13 heavy (non-hydrogen) atoms. The Hall–Kier alpha value is -0.430. The molecule has 0 atom stereocenters. The molecule has 5 heteroatoms. The first-order valence-corrected chi connectivity index (χ1v) is 5.58. The van der Waals surface area contributed by atoms with Gasteiger partial charge >= 0.3 is 5.97 Å². The highest BCUT2D eigenvalue weighted by atomic mass is 127. The van der Waals surface area contributed by atoms with E-state index in [0.717, 1.165) is 7.89 Å². The van der Waals surface area contributed by atoms with Crippen LogP contribution in [0.1, 0.15) is 18.4 Å². The van der Waals surface area contributed by atoms with Crippen LogP contribution in [0.5, 0.6) is 0 Å². The van der Waals surface area contributed by atoms with Gasteiger partial charge in [0.15, 0.2) is 0 Å². The van der Waals surface area contributed by atoms with Gasteiger partial charge in [-0.15, -0.1) is 11.3 Å². The Morgan fingerprint density at radius 1 is 1.85 bits per heavy atom. The highest BCUT2D eigenvalue weighted by molar-refractivity contribution is 14.1. The fourth-order valence-electron chi connectivity index (χ4n) is 0.798. The lowest BCUT2D eigenvalue weighted by Gasteiger charge is -1.93. The van der Waals surface area contributed by atoms with E-state index in [-0.39, 0.29) is 0 Å². The lowest BCUT2D eigenvalue weighted by Crippen LogP contribution is -1.98. The van der Waals surface area contributed by atoms with Crippen LogP contribution in [0, 0.1) is 2.88 Å². The molecule has 0 aliphatic heterocycles. The van der Waals surface area contributed by atoms with E-state index in [1.54, 1.807) is 12.3 Å². The van der Waals surface area contributed by atoms with E-state index in [1.165, 1.54) is 11.3 Å². The maximum Gasteiger partial charge on any atom is 0.331 e. The van der Waals surface area contributed by atoms with E-state index >= 15 is 0 Å². The highest BCUT2D eigenvalue weighted by Gasteiger charge is 2.05. The molecule has 1 aromatic rings. The quantitative estimate of drug-likeness (QED) is 0.690. The van der Waals surface area contributed by atoms with Crippen LogP contribution < -0.4 is 0 Å². The monoisotopic (exact) mass is 309 g/mol. The number of aliphatic carboxylic acids is 1. The Kier molecular flexibility index (Phi) is 3.86. The van der Waals surface area contributed by atoms with Crippen molar-refractivity contribution in [1.82, 2.24) is 4.98 Å². The molecule has 0 aliphatic rings. The first kappa shape index (κ1) is 10.6. The van der Waals surface area contributed by atoms with Crippen LogP contribution in [0.2, 0.25) is 0 Å². The molecule has 0 amide bonds. The number of thiazole rings is 1. The molecule has 1 heterocycles. The van der Waals surface area contributed by atoms with Gasteiger partial charge in [0.1, 0.15) is 5.01 Å². The van der Waals surface area contributed by atoms with Crippen LogP contribution in [-0.2, 0) is 4.79 Å². The van der Waals surface area contributed by atoms with Crippen molar-refractivity contribution in [2.75, 3.05) is 0 Å². The molecule has 3 nitrogen and oxygen atoms in total. The highest BCUT2D eigenvalue weighted by Crippen LogP contribution is 2.18. The largest absolute Gasteiger partial charge is 0.478 e. The zero-order valence-corrected chi connectivity index (χ0v) is 9.92. The second-order valence-corrected chi connectivity index (χ2v) is 5.29. The predicted octanol–water partition coefficient (Wildman–Crippen LogP) is 2.63. The maximum absolute atomic E-state index is 10.6. The van der Waals surface area contributed by atoms with Gasteiger partial charge in [0.2, 0.25) is 0 Å². The van der Waals surface area contributed by atoms with Crippen LogP contribution in [0.4, 0.5) is 0 Å². The zero-order valence-electron chi connectivity index (χ0n) is 6.95. The zero-order chi connectivity index (χ0) is 9.84. The Labute approximate surface area is 93.6 Å². The van der Waals surface area contributed by atoms with E-state index in [1.807, 2.05) is 6.92 Å². The fraction of sp³-hybridized carbons (Fsp3) is 0.250. The number of carbonyl (C=O) groups is 1. The first-order valence-electron chi connectivity index (χ1n) is 3.68. The van der Waals surface area contributed by atoms with Crippen LogP contribution in [0.15, 0.2) is 11.8 Å². The van der Waals surface area contributed by atoms with Crippen molar-refractivity contribution in [2.45, 2.75) is 13.3 Å². The average Bonchev–Trinajstić information content (AvgIpc) is 2.46. The number of carboxylic acid groups (broad SMARTS) is 1. The second kappa shape index (κ2) is 4.71. The van der Waals surface area contributed by atoms with E-state index in [4.69, 9.17) is 5.11 Å². The molecule has 1 rings (SSSR count). The number of nitrogens with zero attached hydrogens (tertiary/aromatic N) is 1.